The minimum absolute atomic E-state index is 0.438. The summed E-state index contributed by atoms with van der Waals surface area (Å²) < 4.78 is 2.30. The molecule has 1 heterocycles. The van der Waals surface area contributed by atoms with Crippen molar-refractivity contribution in [2.75, 3.05) is 0 Å². The molecule has 0 aliphatic rings. The Bertz CT molecular complexity index is 528. The van der Waals surface area contributed by atoms with Crippen LogP contribution < -0.4 is 5.32 Å². The van der Waals surface area contributed by atoms with Crippen molar-refractivity contribution in [3.8, 4) is 0 Å². The first-order valence-corrected chi connectivity index (χ1v) is 6.57. The first kappa shape index (κ1) is 12.7. The Morgan fingerprint density at radius 1 is 1.44 bits per heavy atom. The lowest BCUT2D eigenvalue weighted by atomic mass is 10.2. The third kappa shape index (κ3) is 2.55. The van der Waals surface area contributed by atoms with Crippen molar-refractivity contribution >= 4 is 11.0 Å². The second-order valence-electron chi connectivity index (χ2n) is 4.57. The molecule has 1 N–H and O–H groups in total. The minimum Gasteiger partial charge on any atom is -0.389 e. The fourth-order valence-corrected chi connectivity index (χ4v) is 2.30. The quantitative estimate of drug-likeness (QED) is 0.845. The van der Waals surface area contributed by atoms with Crippen LogP contribution >= 0.6 is 0 Å². The largest absolute Gasteiger partial charge is 0.389 e. The normalized spacial score (nSPS) is 12.6. The van der Waals surface area contributed by atoms with Crippen molar-refractivity contribution in [3.05, 3.63) is 42.9 Å². The van der Waals surface area contributed by atoms with E-state index in [9.17, 15) is 0 Å². The van der Waals surface area contributed by atoms with Crippen molar-refractivity contribution < 1.29 is 0 Å². The van der Waals surface area contributed by atoms with Crippen molar-refractivity contribution in [1.29, 1.82) is 0 Å². The lowest BCUT2D eigenvalue weighted by Crippen LogP contribution is -2.21. The number of rotatable bonds is 6. The number of hydrogen-bond acceptors (Lipinski definition) is 2. The Morgan fingerprint density at radius 2 is 2.22 bits per heavy atom. The predicted octanol–water partition coefficient (Wildman–Crippen LogP) is 3.11. The van der Waals surface area contributed by atoms with Gasteiger partial charge in [-0.1, -0.05) is 18.7 Å². The summed E-state index contributed by atoms with van der Waals surface area (Å²) in [5.74, 6) is 1.18. The summed E-state index contributed by atoms with van der Waals surface area (Å²) in [7, 11) is 0. The third-order valence-corrected chi connectivity index (χ3v) is 3.25. The summed E-state index contributed by atoms with van der Waals surface area (Å²) in [6, 6.07) is 8.77. The molecule has 2 aromatic rings. The molecule has 0 aliphatic heterocycles. The zero-order chi connectivity index (χ0) is 13.0. The molecule has 0 amide bonds. The van der Waals surface area contributed by atoms with Crippen molar-refractivity contribution in [2.24, 2.45) is 0 Å². The standard InChI is InChI=1S/C15H21N3/c1-4-16-12(3)10-11-15-17-13-8-6-7-9-14(13)18(15)5-2/h4,6-9,12,16H,1,5,10-11H2,2-3H3/t12-/m0/s1. The fourth-order valence-electron chi connectivity index (χ4n) is 2.30. The third-order valence-electron chi connectivity index (χ3n) is 3.25. The molecule has 3 nitrogen and oxygen atoms in total. The smallest absolute Gasteiger partial charge is 0.109 e. The van der Waals surface area contributed by atoms with Crippen LogP contribution in [0, 0.1) is 0 Å². The molecule has 0 bridgehead atoms. The van der Waals surface area contributed by atoms with Gasteiger partial charge < -0.3 is 9.88 Å². The highest BCUT2D eigenvalue weighted by atomic mass is 15.1. The SMILES string of the molecule is C=CN[C@@H](C)CCc1nc2ccccc2n1CC. The van der Waals surface area contributed by atoms with Crippen LogP contribution in [0.5, 0.6) is 0 Å². The van der Waals surface area contributed by atoms with E-state index in [1.54, 1.807) is 6.20 Å². The number of aryl methyl sites for hydroxylation is 2. The summed E-state index contributed by atoms with van der Waals surface area (Å²) in [6.07, 6.45) is 3.81. The summed E-state index contributed by atoms with van der Waals surface area (Å²) in [5, 5.41) is 3.21. The number of fused-ring (bicyclic) bond motifs is 1. The van der Waals surface area contributed by atoms with Crippen LogP contribution in [-0.2, 0) is 13.0 Å². The Hall–Kier alpha value is -1.77. The van der Waals surface area contributed by atoms with Gasteiger partial charge in [-0.25, -0.2) is 4.98 Å². The molecular formula is C15H21N3. The summed E-state index contributed by atoms with van der Waals surface area (Å²) in [4.78, 5) is 4.72. The Morgan fingerprint density at radius 3 is 2.94 bits per heavy atom. The number of hydrogen-bond donors (Lipinski definition) is 1. The molecule has 0 saturated heterocycles. The number of nitrogens with zero attached hydrogens (tertiary/aromatic N) is 2. The van der Waals surface area contributed by atoms with Gasteiger partial charge in [-0.15, -0.1) is 0 Å². The molecule has 3 heteroatoms. The van der Waals surface area contributed by atoms with Gasteiger partial charge in [-0.2, -0.15) is 0 Å². The van der Waals surface area contributed by atoms with Gasteiger partial charge in [0.2, 0.25) is 0 Å². The van der Waals surface area contributed by atoms with Crippen LogP contribution in [0.1, 0.15) is 26.1 Å². The molecule has 0 unspecified atom stereocenters. The van der Waals surface area contributed by atoms with Crippen molar-refractivity contribution in [2.45, 2.75) is 39.3 Å². The molecule has 1 aromatic carbocycles. The monoisotopic (exact) mass is 243 g/mol. The average molecular weight is 243 g/mol. The highest BCUT2D eigenvalue weighted by Gasteiger charge is 2.09. The Labute approximate surface area is 109 Å². The number of imidazole rings is 1. The van der Waals surface area contributed by atoms with Crippen LogP contribution in [0.25, 0.3) is 11.0 Å². The Kier molecular flexibility index (Phi) is 4.03. The number of nitrogens with one attached hydrogen (secondary N) is 1. The molecule has 18 heavy (non-hydrogen) atoms. The highest BCUT2D eigenvalue weighted by Crippen LogP contribution is 2.17. The van der Waals surface area contributed by atoms with Crippen LogP contribution in [0.2, 0.25) is 0 Å². The number of para-hydroxylation sites is 2. The van der Waals surface area contributed by atoms with Gasteiger partial charge in [0.15, 0.2) is 0 Å². The van der Waals surface area contributed by atoms with E-state index in [0.717, 1.165) is 24.9 Å². The molecular weight excluding hydrogens is 222 g/mol. The first-order chi connectivity index (χ1) is 8.76. The molecule has 2 rings (SSSR count). The van der Waals surface area contributed by atoms with Crippen LogP contribution in [0.3, 0.4) is 0 Å². The van der Waals surface area contributed by atoms with E-state index in [1.165, 1.54) is 11.3 Å². The number of benzene rings is 1. The molecule has 0 spiro atoms. The van der Waals surface area contributed by atoms with Gasteiger partial charge in [0.25, 0.3) is 0 Å². The molecule has 0 radical (unpaired) electrons. The first-order valence-electron chi connectivity index (χ1n) is 6.57. The van der Waals surface area contributed by atoms with Crippen molar-refractivity contribution in [1.82, 2.24) is 14.9 Å². The van der Waals surface area contributed by atoms with Gasteiger partial charge in [0.05, 0.1) is 11.0 Å². The molecule has 96 valence electrons. The maximum Gasteiger partial charge on any atom is 0.109 e. The molecule has 0 saturated carbocycles. The topological polar surface area (TPSA) is 29.9 Å². The van der Waals surface area contributed by atoms with E-state index >= 15 is 0 Å². The zero-order valence-electron chi connectivity index (χ0n) is 11.2. The molecule has 0 aliphatic carbocycles. The van der Waals surface area contributed by atoms with Crippen LogP contribution in [0.4, 0.5) is 0 Å². The van der Waals surface area contributed by atoms with Gasteiger partial charge in [0.1, 0.15) is 5.82 Å². The Balaban J connectivity index is 2.19. The highest BCUT2D eigenvalue weighted by molar-refractivity contribution is 5.75. The second kappa shape index (κ2) is 5.71. The van der Waals surface area contributed by atoms with E-state index in [2.05, 4.69) is 48.5 Å². The van der Waals surface area contributed by atoms with E-state index in [1.807, 2.05) is 6.07 Å². The summed E-state index contributed by atoms with van der Waals surface area (Å²) in [5.41, 5.74) is 2.33. The maximum atomic E-state index is 4.72. The second-order valence-corrected chi connectivity index (χ2v) is 4.57. The fraction of sp³-hybridized carbons (Fsp3) is 0.400. The predicted molar refractivity (Wildman–Crippen MR) is 76.5 cm³/mol. The maximum absolute atomic E-state index is 4.72. The van der Waals surface area contributed by atoms with E-state index in [0.29, 0.717) is 6.04 Å². The van der Waals surface area contributed by atoms with Crippen molar-refractivity contribution in [3.63, 3.8) is 0 Å². The average Bonchev–Trinajstić information content (AvgIpc) is 2.74. The van der Waals surface area contributed by atoms with Crippen LogP contribution in [0.15, 0.2) is 37.0 Å². The van der Waals surface area contributed by atoms with Crippen LogP contribution in [-0.4, -0.2) is 15.6 Å². The summed E-state index contributed by atoms with van der Waals surface area (Å²) >= 11 is 0. The lowest BCUT2D eigenvalue weighted by molar-refractivity contribution is 0.565. The van der Waals surface area contributed by atoms with E-state index in [4.69, 9.17) is 4.98 Å². The van der Waals surface area contributed by atoms with E-state index in [-0.39, 0.29) is 0 Å². The zero-order valence-corrected chi connectivity index (χ0v) is 11.2. The lowest BCUT2D eigenvalue weighted by Gasteiger charge is -2.11. The molecule has 1 aromatic heterocycles. The molecule has 1 atom stereocenters. The van der Waals surface area contributed by atoms with E-state index < -0.39 is 0 Å². The van der Waals surface area contributed by atoms with Gasteiger partial charge >= 0.3 is 0 Å². The number of aromatic nitrogens is 2. The summed E-state index contributed by atoms with van der Waals surface area (Å²) in [6.45, 7) is 9.00. The van der Waals surface area contributed by atoms with Gasteiger partial charge in [-0.3, -0.25) is 0 Å². The van der Waals surface area contributed by atoms with Gasteiger partial charge in [0, 0.05) is 19.0 Å². The molecule has 0 fully saturated rings. The minimum atomic E-state index is 0.438. The van der Waals surface area contributed by atoms with Gasteiger partial charge in [-0.05, 0) is 38.6 Å².